The monoisotopic (exact) mass is 263 g/mol. The van der Waals surface area contributed by atoms with Gasteiger partial charge >= 0.3 is 0 Å². The molecule has 0 aliphatic heterocycles. The van der Waals surface area contributed by atoms with Crippen molar-refractivity contribution < 1.29 is 9.18 Å². The molecular formula is C14H11ClFNO. The molecule has 0 fully saturated rings. The van der Waals surface area contributed by atoms with Crippen LogP contribution >= 0.6 is 11.6 Å². The smallest absolute Gasteiger partial charge is 0.197 e. The van der Waals surface area contributed by atoms with Crippen LogP contribution in [0.5, 0.6) is 0 Å². The molecule has 4 heteroatoms. The van der Waals surface area contributed by atoms with Crippen molar-refractivity contribution in [3.63, 3.8) is 0 Å². The highest BCUT2D eigenvalue weighted by molar-refractivity contribution is 6.35. The fraction of sp³-hybridized carbons (Fsp3) is 0.0714. The predicted octanol–water partition coefficient (Wildman–Crippen LogP) is 3.60. The second-order valence-corrected chi connectivity index (χ2v) is 4.46. The van der Waals surface area contributed by atoms with Crippen molar-refractivity contribution in [3.8, 4) is 0 Å². The first-order valence-corrected chi connectivity index (χ1v) is 5.72. The van der Waals surface area contributed by atoms with Gasteiger partial charge in [0.05, 0.1) is 10.6 Å². The maximum absolute atomic E-state index is 13.7. The molecule has 0 unspecified atom stereocenters. The van der Waals surface area contributed by atoms with Crippen LogP contribution in [0, 0.1) is 12.7 Å². The van der Waals surface area contributed by atoms with Gasteiger partial charge in [0.25, 0.3) is 0 Å². The van der Waals surface area contributed by atoms with Gasteiger partial charge in [0.2, 0.25) is 0 Å². The molecule has 0 aromatic heterocycles. The highest BCUT2D eigenvalue weighted by Gasteiger charge is 2.16. The summed E-state index contributed by atoms with van der Waals surface area (Å²) in [6.45, 7) is 1.76. The fourth-order valence-electron chi connectivity index (χ4n) is 1.66. The van der Waals surface area contributed by atoms with Crippen LogP contribution in [0.2, 0.25) is 5.02 Å². The highest BCUT2D eigenvalue weighted by Crippen LogP contribution is 2.23. The molecule has 0 radical (unpaired) electrons. The Morgan fingerprint density at radius 3 is 2.44 bits per heavy atom. The lowest BCUT2D eigenvalue weighted by Crippen LogP contribution is -2.05. The molecule has 0 spiro atoms. The van der Waals surface area contributed by atoms with E-state index in [-0.39, 0.29) is 16.1 Å². The van der Waals surface area contributed by atoms with Gasteiger partial charge in [-0.3, -0.25) is 4.79 Å². The van der Waals surface area contributed by atoms with E-state index in [1.54, 1.807) is 19.1 Å². The van der Waals surface area contributed by atoms with Crippen LogP contribution in [0.15, 0.2) is 36.4 Å². The van der Waals surface area contributed by atoms with Crippen molar-refractivity contribution in [2.24, 2.45) is 0 Å². The van der Waals surface area contributed by atoms with E-state index in [1.807, 2.05) is 0 Å². The number of nitrogen functional groups attached to an aromatic ring is 1. The molecule has 0 saturated carbocycles. The SMILES string of the molecule is Cc1ccc(C(=O)c2ccc(N)cc2Cl)c(F)c1. The van der Waals surface area contributed by atoms with Crippen molar-refractivity contribution in [1.29, 1.82) is 0 Å². The summed E-state index contributed by atoms with van der Waals surface area (Å²) in [7, 11) is 0. The zero-order chi connectivity index (χ0) is 13.3. The molecule has 0 bridgehead atoms. The number of hydrogen-bond acceptors (Lipinski definition) is 2. The Morgan fingerprint density at radius 1 is 1.17 bits per heavy atom. The van der Waals surface area contributed by atoms with Crippen LogP contribution in [-0.4, -0.2) is 5.78 Å². The average Bonchev–Trinajstić information content (AvgIpc) is 2.28. The number of nitrogens with two attached hydrogens (primary N) is 1. The molecule has 0 aliphatic carbocycles. The highest BCUT2D eigenvalue weighted by atomic mass is 35.5. The minimum atomic E-state index is -0.548. The zero-order valence-corrected chi connectivity index (χ0v) is 10.5. The Bertz CT molecular complexity index is 572. The van der Waals surface area contributed by atoms with Gasteiger partial charge in [0.1, 0.15) is 5.82 Å². The van der Waals surface area contributed by atoms with Crippen molar-refractivity contribution in [2.75, 3.05) is 5.73 Å². The standard InChI is InChI=1S/C14H11ClFNO/c1-8-2-4-11(13(16)6-8)14(18)10-5-3-9(17)7-12(10)15/h2-7H,17H2,1H3. The molecule has 92 valence electrons. The molecule has 2 aromatic carbocycles. The van der Waals surface area contributed by atoms with Crippen LogP contribution in [0.1, 0.15) is 21.5 Å². The number of ketones is 1. The van der Waals surface area contributed by atoms with E-state index in [4.69, 9.17) is 17.3 Å². The van der Waals surface area contributed by atoms with E-state index in [2.05, 4.69) is 0 Å². The van der Waals surface area contributed by atoms with Crippen LogP contribution in [0.3, 0.4) is 0 Å². The van der Waals surface area contributed by atoms with Crippen LogP contribution in [0.4, 0.5) is 10.1 Å². The summed E-state index contributed by atoms with van der Waals surface area (Å²) in [5, 5.41) is 0.222. The number of hydrogen-bond donors (Lipinski definition) is 1. The molecule has 0 saturated heterocycles. The van der Waals surface area contributed by atoms with Crippen LogP contribution < -0.4 is 5.73 Å². The quantitative estimate of drug-likeness (QED) is 0.664. The Morgan fingerprint density at radius 2 is 1.83 bits per heavy atom. The van der Waals surface area contributed by atoms with E-state index >= 15 is 0 Å². The number of aryl methyl sites for hydroxylation is 1. The number of rotatable bonds is 2. The van der Waals surface area contributed by atoms with E-state index < -0.39 is 11.6 Å². The molecule has 2 aromatic rings. The lowest BCUT2D eigenvalue weighted by atomic mass is 10.0. The van der Waals surface area contributed by atoms with Crippen molar-refractivity contribution in [3.05, 3.63) is 63.9 Å². The second-order valence-electron chi connectivity index (χ2n) is 4.05. The molecule has 0 aliphatic rings. The Labute approximate surface area is 109 Å². The molecular weight excluding hydrogens is 253 g/mol. The molecule has 2 nitrogen and oxygen atoms in total. The lowest BCUT2D eigenvalue weighted by Gasteiger charge is -2.06. The van der Waals surface area contributed by atoms with Crippen molar-refractivity contribution in [2.45, 2.75) is 6.92 Å². The summed E-state index contributed by atoms with van der Waals surface area (Å²) in [5.41, 5.74) is 7.01. The number of halogens is 2. The number of anilines is 1. The van der Waals surface area contributed by atoms with Gasteiger partial charge in [-0.15, -0.1) is 0 Å². The normalized spacial score (nSPS) is 10.4. The van der Waals surface area contributed by atoms with Gasteiger partial charge in [-0.2, -0.15) is 0 Å². The van der Waals surface area contributed by atoms with Gasteiger partial charge in [-0.25, -0.2) is 4.39 Å². The summed E-state index contributed by atoms with van der Waals surface area (Å²) < 4.78 is 13.7. The van der Waals surface area contributed by atoms with Crippen molar-refractivity contribution in [1.82, 2.24) is 0 Å². The maximum atomic E-state index is 13.7. The first kappa shape index (κ1) is 12.6. The molecule has 0 heterocycles. The van der Waals surface area contributed by atoms with Gasteiger partial charge in [0, 0.05) is 11.3 Å². The molecule has 2 N–H and O–H groups in total. The fourth-order valence-corrected chi connectivity index (χ4v) is 1.94. The van der Waals surface area contributed by atoms with Gasteiger partial charge in [0.15, 0.2) is 5.78 Å². The third-order valence-corrected chi connectivity index (χ3v) is 2.92. The van der Waals surface area contributed by atoms with Gasteiger partial charge < -0.3 is 5.73 Å². The molecule has 0 atom stereocenters. The average molecular weight is 264 g/mol. The summed E-state index contributed by atoms with van der Waals surface area (Å²) in [5.74, 6) is -0.995. The van der Waals surface area contributed by atoms with Crippen LogP contribution in [-0.2, 0) is 0 Å². The summed E-state index contributed by atoms with van der Waals surface area (Å²) in [4.78, 5) is 12.1. The molecule has 18 heavy (non-hydrogen) atoms. The Kier molecular flexibility index (Phi) is 3.34. The maximum Gasteiger partial charge on any atom is 0.197 e. The van der Waals surface area contributed by atoms with Gasteiger partial charge in [-0.05, 0) is 42.8 Å². The minimum Gasteiger partial charge on any atom is -0.399 e. The van der Waals surface area contributed by atoms with Crippen LogP contribution in [0.25, 0.3) is 0 Å². The predicted molar refractivity (Wildman–Crippen MR) is 70.4 cm³/mol. The number of benzene rings is 2. The minimum absolute atomic E-state index is 0.00673. The summed E-state index contributed by atoms with van der Waals surface area (Å²) in [6, 6.07) is 8.99. The van der Waals surface area contributed by atoms with E-state index in [1.165, 1.54) is 24.3 Å². The van der Waals surface area contributed by atoms with E-state index in [0.717, 1.165) is 5.56 Å². The summed E-state index contributed by atoms with van der Waals surface area (Å²) in [6.07, 6.45) is 0. The van der Waals surface area contributed by atoms with Gasteiger partial charge in [-0.1, -0.05) is 17.7 Å². The molecule has 2 rings (SSSR count). The topological polar surface area (TPSA) is 43.1 Å². The largest absolute Gasteiger partial charge is 0.399 e. The zero-order valence-electron chi connectivity index (χ0n) is 9.71. The lowest BCUT2D eigenvalue weighted by molar-refractivity contribution is 0.103. The first-order chi connectivity index (χ1) is 8.49. The van der Waals surface area contributed by atoms with E-state index in [0.29, 0.717) is 5.69 Å². The summed E-state index contributed by atoms with van der Waals surface area (Å²) >= 11 is 5.93. The Balaban J connectivity index is 2.48. The van der Waals surface area contributed by atoms with E-state index in [9.17, 15) is 9.18 Å². The third-order valence-electron chi connectivity index (χ3n) is 2.61. The Hall–Kier alpha value is -1.87. The number of carbonyl (C=O) groups is 1. The number of carbonyl (C=O) groups excluding carboxylic acids is 1. The van der Waals surface area contributed by atoms with Crippen molar-refractivity contribution >= 4 is 23.1 Å². The second kappa shape index (κ2) is 4.78. The third kappa shape index (κ3) is 2.36. The molecule has 0 amide bonds. The first-order valence-electron chi connectivity index (χ1n) is 5.35.